The van der Waals surface area contributed by atoms with Crippen LogP contribution < -0.4 is 5.43 Å². The molecular weight excluding hydrogens is 252 g/mol. The fourth-order valence-corrected chi connectivity index (χ4v) is 3.23. The highest BCUT2D eigenvalue weighted by atomic mass is 35.5. The maximum absolute atomic E-state index is 12.3. The summed E-state index contributed by atoms with van der Waals surface area (Å²) >= 11 is 7.45. The van der Waals surface area contributed by atoms with Crippen molar-refractivity contribution in [2.75, 3.05) is 0 Å². The van der Waals surface area contributed by atoms with Crippen molar-refractivity contribution >= 4 is 43.1 Å². The number of halogens is 1. The second-order valence-electron chi connectivity index (χ2n) is 3.89. The third-order valence-corrected chi connectivity index (χ3v) is 4.24. The van der Waals surface area contributed by atoms with Gasteiger partial charge in [-0.25, -0.2) is 0 Å². The van der Waals surface area contributed by atoms with E-state index in [0.717, 1.165) is 25.7 Å². The molecule has 1 aromatic heterocycles. The first-order valence-electron chi connectivity index (χ1n) is 5.30. The Morgan fingerprint density at radius 3 is 2.59 bits per heavy atom. The van der Waals surface area contributed by atoms with Gasteiger partial charge in [0, 0.05) is 26.1 Å². The Kier molecular flexibility index (Phi) is 2.61. The Morgan fingerprint density at radius 2 is 1.76 bits per heavy atom. The van der Waals surface area contributed by atoms with Crippen LogP contribution in [0.5, 0.6) is 0 Å². The number of fused-ring (bicyclic) bond motifs is 2. The third-order valence-electron chi connectivity index (χ3n) is 2.80. The van der Waals surface area contributed by atoms with Gasteiger partial charge in [-0.1, -0.05) is 18.2 Å². The van der Waals surface area contributed by atoms with E-state index < -0.39 is 0 Å². The lowest BCUT2D eigenvalue weighted by molar-refractivity contribution is 1.43. The van der Waals surface area contributed by atoms with Crippen molar-refractivity contribution < 1.29 is 0 Å². The first-order valence-corrected chi connectivity index (χ1v) is 6.65. The summed E-state index contributed by atoms with van der Waals surface area (Å²) in [4.78, 5) is 12.3. The first-order chi connectivity index (χ1) is 8.29. The van der Waals surface area contributed by atoms with Gasteiger partial charge in [-0.2, -0.15) is 0 Å². The van der Waals surface area contributed by atoms with Crippen LogP contribution in [0.25, 0.3) is 20.2 Å². The lowest BCUT2D eigenvalue weighted by Crippen LogP contribution is -2.00. The first kappa shape index (κ1) is 10.8. The molecule has 17 heavy (non-hydrogen) atoms. The zero-order valence-corrected chi connectivity index (χ0v) is 10.5. The van der Waals surface area contributed by atoms with Crippen LogP contribution in [-0.4, -0.2) is 0 Å². The van der Waals surface area contributed by atoms with E-state index in [4.69, 9.17) is 11.6 Å². The predicted molar refractivity (Wildman–Crippen MR) is 75.2 cm³/mol. The Labute approximate surface area is 107 Å². The van der Waals surface area contributed by atoms with Gasteiger partial charge >= 0.3 is 0 Å². The summed E-state index contributed by atoms with van der Waals surface area (Å²) in [5.41, 5.74) is 1.15. The number of hydrogen-bond acceptors (Lipinski definition) is 2. The predicted octanol–water partition coefficient (Wildman–Crippen LogP) is 4.15. The standard InChI is InChI=1S/C14H9ClOS/c15-8-9-5-6-11-13(7-9)17-12-4-2-1-3-10(12)14(11)16/h1-7H,8H2. The second-order valence-corrected chi connectivity index (χ2v) is 5.24. The van der Waals surface area contributed by atoms with Crippen molar-refractivity contribution in [3.63, 3.8) is 0 Å². The molecule has 0 atom stereocenters. The molecule has 0 bridgehead atoms. The van der Waals surface area contributed by atoms with E-state index in [1.54, 1.807) is 11.3 Å². The van der Waals surface area contributed by atoms with Gasteiger partial charge in [0.05, 0.1) is 0 Å². The van der Waals surface area contributed by atoms with Crippen LogP contribution in [0.3, 0.4) is 0 Å². The SMILES string of the molecule is O=c1c2ccccc2sc2cc(CCl)ccc12. The van der Waals surface area contributed by atoms with Gasteiger partial charge in [0.25, 0.3) is 0 Å². The monoisotopic (exact) mass is 260 g/mol. The van der Waals surface area contributed by atoms with E-state index in [-0.39, 0.29) is 5.43 Å². The lowest BCUT2D eigenvalue weighted by Gasteiger charge is -2.02. The molecule has 0 radical (unpaired) electrons. The average Bonchev–Trinajstić information content (AvgIpc) is 2.38. The van der Waals surface area contributed by atoms with Crippen molar-refractivity contribution in [2.24, 2.45) is 0 Å². The van der Waals surface area contributed by atoms with Crippen LogP contribution in [0.2, 0.25) is 0 Å². The Bertz CT molecular complexity index is 761. The van der Waals surface area contributed by atoms with Crippen molar-refractivity contribution in [1.29, 1.82) is 0 Å². The van der Waals surface area contributed by atoms with E-state index in [0.29, 0.717) is 5.88 Å². The van der Waals surface area contributed by atoms with Crippen LogP contribution in [0.15, 0.2) is 47.3 Å². The van der Waals surface area contributed by atoms with Crippen LogP contribution in [0, 0.1) is 0 Å². The van der Waals surface area contributed by atoms with Crippen LogP contribution in [-0.2, 0) is 5.88 Å². The molecule has 0 amide bonds. The molecule has 0 saturated carbocycles. The van der Waals surface area contributed by atoms with Gasteiger partial charge in [-0.3, -0.25) is 4.79 Å². The summed E-state index contributed by atoms with van der Waals surface area (Å²) < 4.78 is 2.03. The summed E-state index contributed by atoms with van der Waals surface area (Å²) in [6.45, 7) is 0. The molecule has 2 aromatic carbocycles. The molecule has 3 aromatic rings. The van der Waals surface area contributed by atoms with Gasteiger partial charge in [0.15, 0.2) is 5.43 Å². The maximum atomic E-state index is 12.3. The zero-order chi connectivity index (χ0) is 11.8. The minimum absolute atomic E-state index is 0.107. The third kappa shape index (κ3) is 1.74. The summed E-state index contributed by atoms with van der Waals surface area (Å²) in [7, 11) is 0. The zero-order valence-electron chi connectivity index (χ0n) is 8.94. The molecule has 0 aliphatic heterocycles. The van der Waals surface area contributed by atoms with E-state index in [1.807, 2.05) is 42.5 Å². The van der Waals surface area contributed by atoms with Gasteiger partial charge in [0.1, 0.15) is 0 Å². The molecule has 3 rings (SSSR count). The second kappa shape index (κ2) is 4.13. The van der Waals surface area contributed by atoms with E-state index in [2.05, 4.69) is 0 Å². The summed E-state index contributed by atoms with van der Waals surface area (Å²) in [6.07, 6.45) is 0. The van der Waals surface area contributed by atoms with Crippen molar-refractivity contribution in [3.05, 3.63) is 58.3 Å². The molecule has 1 nitrogen and oxygen atoms in total. The lowest BCUT2D eigenvalue weighted by atomic mass is 10.1. The largest absolute Gasteiger partial charge is 0.289 e. The van der Waals surface area contributed by atoms with E-state index >= 15 is 0 Å². The Hall–Kier alpha value is -1.38. The number of alkyl halides is 1. The fourth-order valence-electron chi connectivity index (χ4n) is 1.93. The van der Waals surface area contributed by atoms with Crippen molar-refractivity contribution in [3.8, 4) is 0 Å². The summed E-state index contributed by atoms with van der Waals surface area (Å²) in [5, 5.41) is 1.58. The van der Waals surface area contributed by atoms with Gasteiger partial charge < -0.3 is 0 Å². The minimum Gasteiger partial charge on any atom is -0.289 e. The summed E-state index contributed by atoms with van der Waals surface area (Å²) in [5.74, 6) is 0.476. The molecule has 84 valence electrons. The summed E-state index contributed by atoms with van der Waals surface area (Å²) in [6, 6.07) is 13.5. The van der Waals surface area contributed by atoms with Gasteiger partial charge in [-0.05, 0) is 29.8 Å². The van der Waals surface area contributed by atoms with E-state index in [9.17, 15) is 4.79 Å². The highest BCUT2D eigenvalue weighted by molar-refractivity contribution is 7.24. The molecule has 0 aliphatic carbocycles. The van der Waals surface area contributed by atoms with Gasteiger partial charge in [-0.15, -0.1) is 22.9 Å². The maximum Gasteiger partial charge on any atom is 0.195 e. The molecule has 0 unspecified atom stereocenters. The van der Waals surface area contributed by atoms with Gasteiger partial charge in [0.2, 0.25) is 0 Å². The fraction of sp³-hybridized carbons (Fsp3) is 0.0714. The smallest absolute Gasteiger partial charge is 0.195 e. The number of rotatable bonds is 1. The Balaban J connectivity index is 2.50. The van der Waals surface area contributed by atoms with Crippen molar-refractivity contribution in [2.45, 2.75) is 5.88 Å². The molecule has 0 spiro atoms. The normalized spacial score (nSPS) is 11.1. The quantitative estimate of drug-likeness (QED) is 0.474. The average molecular weight is 261 g/mol. The molecule has 0 fully saturated rings. The highest BCUT2D eigenvalue weighted by Gasteiger charge is 2.05. The molecule has 1 heterocycles. The highest BCUT2D eigenvalue weighted by Crippen LogP contribution is 2.25. The number of benzene rings is 2. The van der Waals surface area contributed by atoms with Crippen LogP contribution >= 0.6 is 22.9 Å². The van der Waals surface area contributed by atoms with Crippen LogP contribution in [0.4, 0.5) is 0 Å². The molecule has 3 heteroatoms. The van der Waals surface area contributed by atoms with Crippen LogP contribution in [0.1, 0.15) is 5.56 Å². The molecule has 0 aliphatic rings. The van der Waals surface area contributed by atoms with Crippen molar-refractivity contribution in [1.82, 2.24) is 0 Å². The minimum atomic E-state index is 0.107. The van der Waals surface area contributed by atoms with E-state index in [1.165, 1.54) is 0 Å². The molecule has 0 saturated heterocycles. The number of hydrogen-bond donors (Lipinski definition) is 0. The topological polar surface area (TPSA) is 17.1 Å². The molecular formula is C14H9ClOS. The Morgan fingerprint density at radius 1 is 1.00 bits per heavy atom. The molecule has 0 N–H and O–H groups in total.